The molecule has 2 unspecified atom stereocenters. The second-order valence-corrected chi connectivity index (χ2v) is 7.71. The molecule has 27 heavy (non-hydrogen) atoms. The normalized spacial score (nSPS) is 20.7. The van der Waals surface area contributed by atoms with E-state index in [-0.39, 0.29) is 52.0 Å². The van der Waals surface area contributed by atoms with Crippen LogP contribution >= 0.6 is 24.0 Å². The van der Waals surface area contributed by atoms with Gasteiger partial charge in [-0.1, -0.05) is 11.6 Å². The van der Waals surface area contributed by atoms with Gasteiger partial charge in [-0.15, -0.1) is 12.4 Å². The maximum absolute atomic E-state index is 14.9. The molecule has 2 fully saturated rings. The van der Waals surface area contributed by atoms with Crippen LogP contribution in [-0.2, 0) is 0 Å². The van der Waals surface area contributed by atoms with Gasteiger partial charge in [0.15, 0.2) is 0 Å². The Bertz CT molecular complexity index is 1020. The third-order valence-corrected chi connectivity index (χ3v) is 5.83. The fourth-order valence-corrected chi connectivity index (χ4v) is 4.21. The quantitative estimate of drug-likeness (QED) is 0.738. The smallest absolute Gasteiger partial charge is 0.350 e. The zero-order valence-electron chi connectivity index (χ0n) is 14.8. The maximum Gasteiger partial charge on any atom is 0.350 e. The number of aromatic nitrogens is 2. The first-order chi connectivity index (χ1) is 12.3. The Labute approximate surface area is 166 Å². The van der Waals surface area contributed by atoms with Gasteiger partial charge in [0.25, 0.3) is 5.56 Å². The predicted molar refractivity (Wildman–Crippen MR) is 107 cm³/mol. The van der Waals surface area contributed by atoms with E-state index in [1.54, 1.807) is 0 Å². The number of nitrogen functional groups attached to an aromatic ring is 1. The third kappa shape index (κ3) is 3.09. The number of hydrogen-bond acceptors (Lipinski definition) is 5. The number of nitrogens with two attached hydrogens (primary N) is 2. The summed E-state index contributed by atoms with van der Waals surface area (Å²) in [6.45, 7) is 3.14. The molecule has 0 amide bonds. The zero-order valence-corrected chi connectivity index (χ0v) is 16.4. The molecule has 4 N–H and O–H groups in total. The number of benzene rings is 1. The summed E-state index contributed by atoms with van der Waals surface area (Å²) in [7, 11) is 0. The molecular formula is C17H22Cl2FN5O2. The summed E-state index contributed by atoms with van der Waals surface area (Å²) < 4.78 is 16.8. The highest BCUT2D eigenvalue weighted by atomic mass is 35.5. The molecule has 2 aliphatic rings. The molecule has 2 heterocycles. The molecule has 1 aromatic carbocycles. The minimum absolute atomic E-state index is 0. The first kappa shape index (κ1) is 20.0. The molecule has 2 atom stereocenters. The maximum atomic E-state index is 14.9. The van der Waals surface area contributed by atoms with Gasteiger partial charge in [-0.2, -0.15) is 4.68 Å². The second-order valence-electron chi connectivity index (χ2n) is 7.33. The summed E-state index contributed by atoms with van der Waals surface area (Å²) in [6.07, 6.45) is 2.44. The molecule has 10 heteroatoms. The van der Waals surface area contributed by atoms with Gasteiger partial charge >= 0.3 is 5.69 Å². The van der Waals surface area contributed by atoms with E-state index >= 15 is 0 Å². The van der Waals surface area contributed by atoms with Crippen molar-refractivity contribution in [1.82, 2.24) is 9.24 Å². The van der Waals surface area contributed by atoms with E-state index in [0.29, 0.717) is 17.8 Å². The standard InChI is InChI=1S/C17H21ClFN5O2.ClH/c1-8(20)9-4-5-22(7-9)15-12(19)6-11-14(13(15)18)23(10-2-3-10)17(26)24(21)16(11)25;/h6,8-10H,2-5,7,20-21H2,1H3;1H. The van der Waals surface area contributed by atoms with Gasteiger partial charge in [-0.25, -0.2) is 9.18 Å². The minimum Gasteiger partial charge on any atom is -0.368 e. The average Bonchev–Trinajstić information content (AvgIpc) is 3.30. The van der Waals surface area contributed by atoms with Crippen LogP contribution in [0.15, 0.2) is 15.7 Å². The number of hydrogen-bond donors (Lipinski definition) is 2. The molecule has 2 aromatic rings. The van der Waals surface area contributed by atoms with Gasteiger partial charge in [-0.05, 0) is 38.2 Å². The van der Waals surface area contributed by atoms with E-state index in [1.807, 2.05) is 11.8 Å². The Kier molecular flexibility index (Phi) is 5.18. The zero-order chi connectivity index (χ0) is 18.7. The SMILES string of the molecule is CC(N)C1CCN(c2c(F)cc3c(=O)n(N)c(=O)n(C4CC4)c3c2Cl)C1.Cl. The first-order valence-electron chi connectivity index (χ1n) is 8.76. The van der Waals surface area contributed by atoms with Crippen LogP contribution in [0.4, 0.5) is 10.1 Å². The first-order valence-corrected chi connectivity index (χ1v) is 9.14. The monoisotopic (exact) mass is 417 g/mol. The van der Waals surface area contributed by atoms with Crippen LogP contribution in [0.25, 0.3) is 10.9 Å². The van der Waals surface area contributed by atoms with Crippen molar-refractivity contribution in [1.29, 1.82) is 0 Å². The van der Waals surface area contributed by atoms with Crippen molar-refractivity contribution in [2.75, 3.05) is 23.8 Å². The molecule has 4 rings (SSSR count). The van der Waals surface area contributed by atoms with Crippen LogP contribution in [-0.4, -0.2) is 28.4 Å². The number of rotatable bonds is 3. The summed E-state index contributed by atoms with van der Waals surface area (Å²) in [5.74, 6) is 5.26. The van der Waals surface area contributed by atoms with Crippen molar-refractivity contribution in [2.45, 2.75) is 38.3 Å². The molecule has 7 nitrogen and oxygen atoms in total. The van der Waals surface area contributed by atoms with Crippen LogP contribution in [0.3, 0.4) is 0 Å². The molecule has 0 spiro atoms. The highest BCUT2D eigenvalue weighted by Crippen LogP contribution is 2.41. The minimum atomic E-state index is -0.746. The third-order valence-electron chi connectivity index (χ3n) is 5.47. The van der Waals surface area contributed by atoms with Gasteiger partial charge in [0.2, 0.25) is 0 Å². The predicted octanol–water partition coefficient (Wildman–Crippen LogP) is 1.60. The van der Waals surface area contributed by atoms with Crippen molar-refractivity contribution < 1.29 is 4.39 Å². The Hall–Kier alpha value is -1.77. The molecule has 1 saturated heterocycles. The average molecular weight is 418 g/mol. The van der Waals surface area contributed by atoms with Gasteiger partial charge in [0.1, 0.15) is 5.82 Å². The lowest BCUT2D eigenvalue weighted by atomic mass is 10.0. The summed E-state index contributed by atoms with van der Waals surface area (Å²) in [6, 6.07) is 1.07. The van der Waals surface area contributed by atoms with E-state index < -0.39 is 17.1 Å². The van der Waals surface area contributed by atoms with E-state index in [0.717, 1.165) is 25.3 Å². The van der Waals surface area contributed by atoms with Gasteiger partial charge in [0, 0.05) is 25.2 Å². The molecule has 1 saturated carbocycles. The van der Waals surface area contributed by atoms with Gasteiger partial charge < -0.3 is 16.5 Å². The Morgan fingerprint density at radius 2 is 1.96 bits per heavy atom. The van der Waals surface area contributed by atoms with Crippen molar-refractivity contribution in [3.63, 3.8) is 0 Å². The summed E-state index contributed by atoms with van der Waals surface area (Å²) in [4.78, 5) is 26.8. The molecule has 0 bridgehead atoms. The largest absolute Gasteiger partial charge is 0.368 e. The van der Waals surface area contributed by atoms with Gasteiger partial charge in [-0.3, -0.25) is 9.36 Å². The van der Waals surface area contributed by atoms with E-state index in [1.165, 1.54) is 4.57 Å². The molecule has 148 valence electrons. The van der Waals surface area contributed by atoms with Crippen LogP contribution < -0.4 is 27.7 Å². The van der Waals surface area contributed by atoms with Crippen LogP contribution in [0, 0.1) is 11.7 Å². The molecule has 1 aromatic heterocycles. The van der Waals surface area contributed by atoms with E-state index in [9.17, 15) is 14.0 Å². The number of fused-ring (bicyclic) bond motifs is 1. The molecule has 1 aliphatic carbocycles. The Balaban J connectivity index is 0.00000210. The Morgan fingerprint density at radius 3 is 2.52 bits per heavy atom. The fourth-order valence-electron chi connectivity index (χ4n) is 3.81. The van der Waals surface area contributed by atoms with Crippen LogP contribution in [0.5, 0.6) is 0 Å². The Morgan fingerprint density at radius 1 is 1.30 bits per heavy atom. The van der Waals surface area contributed by atoms with Crippen LogP contribution in [0.1, 0.15) is 32.2 Å². The topological polar surface area (TPSA) is 99.3 Å². The van der Waals surface area contributed by atoms with Gasteiger partial charge in [0.05, 0.1) is 21.6 Å². The van der Waals surface area contributed by atoms with Crippen molar-refractivity contribution in [3.8, 4) is 0 Å². The van der Waals surface area contributed by atoms with Crippen molar-refractivity contribution in [2.24, 2.45) is 11.7 Å². The molecule has 1 aliphatic heterocycles. The summed E-state index contributed by atoms with van der Waals surface area (Å²) in [5.41, 5.74) is 5.10. The highest BCUT2D eigenvalue weighted by molar-refractivity contribution is 6.38. The van der Waals surface area contributed by atoms with Crippen LogP contribution in [0.2, 0.25) is 5.02 Å². The lowest BCUT2D eigenvalue weighted by molar-refractivity contribution is 0.487. The summed E-state index contributed by atoms with van der Waals surface area (Å²) >= 11 is 6.57. The number of nitrogens with zero attached hydrogens (tertiary/aromatic N) is 3. The highest BCUT2D eigenvalue weighted by Gasteiger charge is 2.33. The molecular weight excluding hydrogens is 396 g/mol. The number of halogens is 3. The van der Waals surface area contributed by atoms with Crippen molar-refractivity contribution in [3.05, 3.63) is 37.7 Å². The molecule has 0 radical (unpaired) electrons. The lowest BCUT2D eigenvalue weighted by Crippen LogP contribution is -2.44. The van der Waals surface area contributed by atoms with E-state index in [4.69, 9.17) is 23.2 Å². The second kappa shape index (κ2) is 7.00. The van der Waals surface area contributed by atoms with Crippen molar-refractivity contribution >= 4 is 40.6 Å². The summed E-state index contributed by atoms with van der Waals surface area (Å²) in [5, 5.41) is 0.111. The lowest BCUT2D eigenvalue weighted by Gasteiger charge is -2.23. The number of anilines is 1. The fraction of sp³-hybridized carbons (Fsp3) is 0.529. The van der Waals surface area contributed by atoms with E-state index in [2.05, 4.69) is 0 Å².